The van der Waals surface area contributed by atoms with Crippen molar-refractivity contribution in [3.63, 3.8) is 0 Å². The SMILES string of the molecule is CC(C)NCc1ccc(C(=O)N(C)CCOC(C)C)cc1. The van der Waals surface area contributed by atoms with E-state index in [-0.39, 0.29) is 12.0 Å². The maximum atomic E-state index is 12.3. The van der Waals surface area contributed by atoms with E-state index < -0.39 is 0 Å². The van der Waals surface area contributed by atoms with Crippen molar-refractivity contribution in [3.8, 4) is 0 Å². The summed E-state index contributed by atoms with van der Waals surface area (Å²) >= 11 is 0. The molecule has 0 bridgehead atoms. The summed E-state index contributed by atoms with van der Waals surface area (Å²) in [5.74, 6) is 0.0331. The van der Waals surface area contributed by atoms with Crippen molar-refractivity contribution in [3.05, 3.63) is 35.4 Å². The molecule has 0 atom stereocenters. The molecule has 1 N–H and O–H groups in total. The number of amides is 1. The molecule has 0 aromatic heterocycles. The smallest absolute Gasteiger partial charge is 0.253 e. The van der Waals surface area contributed by atoms with Gasteiger partial charge in [0.1, 0.15) is 0 Å². The fourth-order valence-corrected chi connectivity index (χ4v) is 1.83. The van der Waals surface area contributed by atoms with Crippen LogP contribution in [0.1, 0.15) is 43.6 Å². The average molecular weight is 292 g/mol. The van der Waals surface area contributed by atoms with Crippen LogP contribution in [0.4, 0.5) is 0 Å². The Labute approximate surface area is 128 Å². The van der Waals surface area contributed by atoms with E-state index in [4.69, 9.17) is 4.74 Å². The molecule has 0 fully saturated rings. The lowest BCUT2D eigenvalue weighted by atomic mass is 10.1. The summed E-state index contributed by atoms with van der Waals surface area (Å²) in [5, 5.41) is 3.36. The van der Waals surface area contributed by atoms with Gasteiger partial charge in [-0.15, -0.1) is 0 Å². The minimum Gasteiger partial charge on any atom is -0.377 e. The summed E-state index contributed by atoms with van der Waals surface area (Å²) in [7, 11) is 1.81. The third kappa shape index (κ3) is 6.74. The number of nitrogens with zero attached hydrogens (tertiary/aromatic N) is 1. The van der Waals surface area contributed by atoms with Crippen molar-refractivity contribution in [2.75, 3.05) is 20.2 Å². The zero-order valence-corrected chi connectivity index (χ0v) is 13.8. The number of nitrogens with one attached hydrogen (secondary N) is 1. The van der Waals surface area contributed by atoms with Crippen LogP contribution in [0, 0.1) is 0 Å². The lowest BCUT2D eigenvalue weighted by Gasteiger charge is -2.18. The first-order valence-corrected chi connectivity index (χ1v) is 7.59. The van der Waals surface area contributed by atoms with Gasteiger partial charge in [0, 0.05) is 31.7 Å². The van der Waals surface area contributed by atoms with Crippen LogP contribution in [0.25, 0.3) is 0 Å². The number of carbonyl (C=O) groups is 1. The van der Waals surface area contributed by atoms with Crippen molar-refractivity contribution in [2.24, 2.45) is 0 Å². The standard InChI is InChI=1S/C17H28N2O2/c1-13(2)18-12-15-6-8-16(9-7-15)17(20)19(5)10-11-21-14(3)4/h6-9,13-14,18H,10-12H2,1-5H3. The molecule has 1 aromatic carbocycles. The Morgan fingerprint density at radius 2 is 1.81 bits per heavy atom. The van der Waals surface area contributed by atoms with Crippen molar-refractivity contribution in [1.29, 1.82) is 0 Å². The molecule has 0 aliphatic rings. The van der Waals surface area contributed by atoms with Crippen LogP contribution in [0.15, 0.2) is 24.3 Å². The van der Waals surface area contributed by atoms with E-state index in [2.05, 4.69) is 19.2 Å². The highest BCUT2D eigenvalue weighted by atomic mass is 16.5. The Bertz CT molecular complexity index is 427. The Morgan fingerprint density at radius 1 is 1.19 bits per heavy atom. The molecule has 0 unspecified atom stereocenters. The maximum Gasteiger partial charge on any atom is 0.253 e. The Kier molecular flexibility index (Phi) is 7.40. The molecule has 0 aliphatic carbocycles. The first-order chi connectivity index (χ1) is 9.90. The van der Waals surface area contributed by atoms with Crippen LogP contribution >= 0.6 is 0 Å². The Morgan fingerprint density at radius 3 is 2.33 bits per heavy atom. The predicted octanol–water partition coefficient (Wildman–Crippen LogP) is 2.68. The molecule has 1 rings (SSSR count). The molecule has 0 radical (unpaired) electrons. The average Bonchev–Trinajstić information content (AvgIpc) is 2.44. The van der Waals surface area contributed by atoms with Gasteiger partial charge in [-0.1, -0.05) is 26.0 Å². The van der Waals surface area contributed by atoms with Gasteiger partial charge in [-0.3, -0.25) is 4.79 Å². The van der Waals surface area contributed by atoms with E-state index in [1.165, 1.54) is 5.56 Å². The van der Waals surface area contributed by atoms with Crippen molar-refractivity contribution in [2.45, 2.75) is 46.4 Å². The molecule has 1 amide bonds. The fraction of sp³-hybridized carbons (Fsp3) is 0.588. The van der Waals surface area contributed by atoms with E-state index >= 15 is 0 Å². The highest BCUT2D eigenvalue weighted by Gasteiger charge is 2.11. The van der Waals surface area contributed by atoms with Crippen LogP contribution in [-0.2, 0) is 11.3 Å². The highest BCUT2D eigenvalue weighted by molar-refractivity contribution is 5.94. The van der Waals surface area contributed by atoms with E-state index in [9.17, 15) is 4.79 Å². The van der Waals surface area contributed by atoms with Gasteiger partial charge in [0.2, 0.25) is 0 Å². The van der Waals surface area contributed by atoms with Crippen LogP contribution in [0.5, 0.6) is 0 Å². The summed E-state index contributed by atoms with van der Waals surface area (Å²) in [6.07, 6.45) is 0.196. The second-order valence-electron chi connectivity index (χ2n) is 5.88. The summed E-state index contributed by atoms with van der Waals surface area (Å²) in [4.78, 5) is 14.0. The first kappa shape index (κ1) is 17.7. The van der Waals surface area contributed by atoms with Crippen molar-refractivity contribution < 1.29 is 9.53 Å². The normalized spacial score (nSPS) is 11.2. The molecule has 4 heteroatoms. The number of carbonyl (C=O) groups excluding carboxylic acids is 1. The Hall–Kier alpha value is -1.39. The molecule has 0 saturated carbocycles. The summed E-state index contributed by atoms with van der Waals surface area (Å²) < 4.78 is 5.47. The topological polar surface area (TPSA) is 41.6 Å². The molecule has 1 aromatic rings. The van der Waals surface area contributed by atoms with E-state index in [1.807, 2.05) is 38.1 Å². The van der Waals surface area contributed by atoms with Crippen molar-refractivity contribution >= 4 is 5.91 Å². The second-order valence-corrected chi connectivity index (χ2v) is 5.88. The molecule has 0 heterocycles. The zero-order valence-electron chi connectivity index (χ0n) is 13.8. The number of benzene rings is 1. The van der Waals surface area contributed by atoms with Crippen LogP contribution < -0.4 is 5.32 Å². The fourth-order valence-electron chi connectivity index (χ4n) is 1.83. The minimum absolute atomic E-state index is 0.0331. The lowest BCUT2D eigenvalue weighted by Crippen LogP contribution is -2.30. The third-order valence-electron chi connectivity index (χ3n) is 3.14. The van der Waals surface area contributed by atoms with Crippen LogP contribution in [0.3, 0.4) is 0 Å². The maximum absolute atomic E-state index is 12.3. The van der Waals surface area contributed by atoms with Gasteiger partial charge >= 0.3 is 0 Å². The summed E-state index contributed by atoms with van der Waals surface area (Å²) in [6, 6.07) is 8.24. The molecular formula is C17H28N2O2. The Balaban J connectivity index is 2.50. The predicted molar refractivity (Wildman–Crippen MR) is 86.5 cm³/mol. The van der Waals surface area contributed by atoms with Gasteiger partial charge in [-0.25, -0.2) is 0 Å². The largest absolute Gasteiger partial charge is 0.377 e. The highest BCUT2D eigenvalue weighted by Crippen LogP contribution is 2.07. The van der Waals surface area contributed by atoms with E-state index in [0.29, 0.717) is 19.2 Å². The molecule has 4 nitrogen and oxygen atoms in total. The van der Waals surface area contributed by atoms with Gasteiger partial charge in [0.15, 0.2) is 0 Å². The van der Waals surface area contributed by atoms with Crippen LogP contribution in [0.2, 0.25) is 0 Å². The monoisotopic (exact) mass is 292 g/mol. The third-order valence-corrected chi connectivity index (χ3v) is 3.14. The van der Waals surface area contributed by atoms with E-state index in [0.717, 1.165) is 12.1 Å². The molecule has 21 heavy (non-hydrogen) atoms. The molecule has 0 saturated heterocycles. The number of rotatable bonds is 8. The molecule has 0 aliphatic heterocycles. The molecule has 118 valence electrons. The van der Waals surface area contributed by atoms with E-state index in [1.54, 1.807) is 11.9 Å². The number of likely N-dealkylation sites (N-methyl/N-ethyl adjacent to an activating group) is 1. The van der Waals surface area contributed by atoms with Gasteiger partial charge < -0.3 is 15.0 Å². The van der Waals surface area contributed by atoms with Gasteiger partial charge in [-0.2, -0.15) is 0 Å². The minimum atomic E-state index is 0.0331. The number of ether oxygens (including phenoxy) is 1. The summed E-state index contributed by atoms with van der Waals surface area (Å²) in [5.41, 5.74) is 1.90. The summed E-state index contributed by atoms with van der Waals surface area (Å²) in [6.45, 7) is 10.2. The number of hydrogen-bond acceptors (Lipinski definition) is 3. The van der Waals surface area contributed by atoms with Crippen molar-refractivity contribution in [1.82, 2.24) is 10.2 Å². The zero-order chi connectivity index (χ0) is 15.8. The van der Waals surface area contributed by atoms with Gasteiger partial charge in [0.25, 0.3) is 5.91 Å². The van der Waals surface area contributed by atoms with Crippen LogP contribution in [-0.4, -0.2) is 43.2 Å². The first-order valence-electron chi connectivity index (χ1n) is 7.59. The van der Waals surface area contributed by atoms with Gasteiger partial charge in [0.05, 0.1) is 12.7 Å². The second kappa shape index (κ2) is 8.80. The lowest BCUT2D eigenvalue weighted by molar-refractivity contribution is 0.0532. The number of hydrogen-bond donors (Lipinski definition) is 1. The quantitative estimate of drug-likeness (QED) is 0.801. The molecular weight excluding hydrogens is 264 g/mol. The van der Waals surface area contributed by atoms with Gasteiger partial charge in [-0.05, 0) is 31.5 Å². The molecule has 0 spiro atoms.